The maximum Gasteiger partial charge on any atom is 0.157 e. The summed E-state index contributed by atoms with van der Waals surface area (Å²) in [6.45, 7) is 0. The molecule has 2 aromatic carbocycles. The Morgan fingerprint density at radius 2 is 1.71 bits per heavy atom. The van der Waals surface area contributed by atoms with Gasteiger partial charge in [0, 0.05) is 5.02 Å². The van der Waals surface area contributed by atoms with Gasteiger partial charge < -0.3 is 5.11 Å². The van der Waals surface area contributed by atoms with Crippen molar-refractivity contribution in [2.75, 3.05) is 5.75 Å². The van der Waals surface area contributed by atoms with Crippen molar-refractivity contribution in [3.8, 4) is 0 Å². The molecule has 1 N–H and O–H groups in total. The molecule has 0 heterocycles. The maximum atomic E-state index is 12.8. The molecule has 3 nitrogen and oxygen atoms in total. The van der Waals surface area contributed by atoms with Gasteiger partial charge in [0.05, 0.1) is 17.6 Å². The Kier molecular flexibility index (Phi) is 4.98. The van der Waals surface area contributed by atoms with Crippen LogP contribution in [0.5, 0.6) is 0 Å². The van der Waals surface area contributed by atoms with E-state index in [-0.39, 0.29) is 5.75 Å². The van der Waals surface area contributed by atoms with Crippen molar-refractivity contribution in [1.82, 2.24) is 0 Å². The van der Waals surface area contributed by atoms with Gasteiger partial charge in [0.15, 0.2) is 9.84 Å². The van der Waals surface area contributed by atoms with Gasteiger partial charge in [0.25, 0.3) is 0 Å². The summed E-state index contributed by atoms with van der Waals surface area (Å²) in [5.41, 5.74) is 0.851. The average molecular weight is 329 g/mol. The van der Waals surface area contributed by atoms with Gasteiger partial charge in [-0.3, -0.25) is 0 Å². The van der Waals surface area contributed by atoms with E-state index < -0.39 is 27.5 Å². The number of aliphatic hydroxyl groups excluding tert-OH is 1. The minimum absolute atomic E-state index is 0.245. The maximum absolute atomic E-state index is 12.8. The highest BCUT2D eigenvalue weighted by molar-refractivity contribution is 7.90. The van der Waals surface area contributed by atoms with Gasteiger partial charge in [-0.05, 0) is 29.3 Å². The third-order valence-corrected chi connectivity index (χ3v) is 4.94. The van der Waals surface area contributed by atoms with Crippen molar-refractivity contribution in [2.24, 2.45) is 0 Å². The van der Waals surface area contributed by atoms with Crippen molar-refractivity contribution < 1.29 is 17.9 Å². The number of aliphatic hydroxyl groups is 1. The van der Waals surface area contributed by atoms with Crippen LogP contribution in [0.2, 0.25) is 5.02 Å². The van der Waals surface area contributed by atoms with Crippen molar-refractivity contribution in [3.05, 3.63) is 70.5 Å². The zero-order valence-electron chi connectivity index (χ0n) is 11.0. The number of hydrogen-bond acceptors (Lipinski definition) is 3. The van der Waals surface area contributed by atoms with Crippen LogP contribution >= 0.6 is 11.6 Å². The predicted octanol–water partition coefficient (Wildman–Crippen LogP) is 3.13. The lowest BCUT2D eigenvalue weighted by atomic mass is 10.1. The first kappa shape index (κ1) is 15.9. The third-order valence-electron chi connectivity index (χ3n) is 3.00. The van der Waals surface area contributed by atoms with Crippen molar-refractivity contribution in [2.45, 2.75) is 11.9 Å². The molecule has 0 aliphatic rings. The molecule has 0 aromatic heterocycles. The highest BCUT2D eigenvalue weighted by atomic mass is 35.5. The van der Waals surface area contributed by atoms with E-state index in [9.17, 15) is 17.9 Å². The quantitative estimate of drug-likeness (QED) is 0.917. The lowest BCUT2D eigenvalue weighted by Crippen LogP contribution is -2.16. The van der Waals surface area contributed by atoms with Gasteiger partial charge in [-0.25, -0.2) is 12.8 Å². The SMILES string of the molecule is O=S(=O)(Cc1ccccc1Cl)CC(O)c1ccc(F)cc1. The second kappa shape index (κ2) is 6.56. The first-order valence-corrected chi connectivity index (χ1v) is 8.45. The van der Waals surface area contributed by atoms with E-state index in [1.807, 2.05) is 0 Å². The van der Waals surface area contributed by atoms with Crippen LogP contribution in [0.15, 0.2) is 48.5 Å². The van der Waals surface area contributed by atoms with Crippen LogP contribution in [0, 0.1) is 5.82 Å². The zero-order valence-corrected chi connectivity index (χ0v) is 12.6. The van der Waals surface area contributed by atoms with Crippen LogP contribution in [0.1, 0.15) is 17.2 Å². The van der Waals surface area contributed by atoms with E-state index in [1.165, 1.54) is 24.3 Å². The number of rotatable bonds is 5. The van der Waals surface area contributed by atoms with Crippen LogP contribution in [-0.4, -0.2) is 19.3 Å². The minimum Gasteiger partial charge on any atom is -0.387 e. The minimum atomic E-state index is -3.54. The molecular formula is C15H14ClFO3S. The molecule has 0 amide bonds. The summed E-state index contributed by atoms with van der Waals surface area (Å²) in [6.07, 6.45) is -1.20. The Morgan fingerprint density at radius 1 is 1.10 bits per heavy atom. The van der Waals surface area contributed by atoms with E-state index in [4.69, 9.17) is 11.6 Å². The fourth-order valence-electron chi connectivity index (χ4n) is 1.93. The Labute approximate surface area is 127 Å². The molecule has 0 aliphatic carbocycles. The number of benzene rings is 2. The fraction of sp³-hybridized carbons (Fsp3) is 0.200. The number of hydrogen-bond donors (Lipinski definition) is 1. The van der Waals surface area contributed by atoms with Crippen LogP contribution < -0.4 is 0 Å². The predicted molar refractivity (Wildman–Crippen MR) is 80.3 cm³/mol. The standard InChI is InChI=1S/C15H14ClFO3S/c16-14-4-2-1-3-12(14)9-21(19,20)10-15(18)11-5-7-13(17)8-6-11/h1-8,15,18H,9-10H2. The summed E-state index contributed by atoms with van der Waals surface area (Å²) in [5.74, 6) is -1.13. The van der Waals surface area contributed by atoms with Gasteiger partial charge in [-0.1, -0.05) is 41.9 Å². The zero-order chi connectivity index (χ0) is 15.5. The first-order valence-electron chi connectivity index (χ1n) is 6.25. The molecule has 2 aromatic rings. The van der Waals surface area contributed by atoms with Crippen LogP contribution in [0.3, 0.4) is 0 Å². The lowest BCUT2D eigenvalue weighted by molar-refractivity contribution is 0.201. The second-order valence-corrected chi connectivity index (χ2v) is 7.23. The van der Waals surface area contributed by atoms with E-state index in [1.54, 1.807) is 24.3 Å². The molecule has 0 aliphatic heterocycles. The summed E-state index contributed by atoms with van der Waals surface area (Å²) < 4.78 is 37.0. The van der Waals surface area contributed by atoms with E-state index in [0.717, 1.165) is 0 Å². The molecule has 0 bridgehead atoms. The fourth-order valence-corrected chi connectivity index (χ4v) is 3.73. The van der Waals surface area contributed by atoms with Gasteiger partial charge >= 0.3 is 0 Å². The molecule has 0 saturated heterocycles. The van der Waals surface area contributed by atoms with E-state index >= 15 is 0 Å². The van der Waals surface area contributed by atoms with Crippen molar-refractivity contribution in [1.29, 1.82) is 0 Å². The summed E-state index contributed by atoms with van der Waals surface area (Å²) in [7, 11) is -3.54. The van der Waals surface area contributed by atoms with Crippen molar-refractivity contribution >= 4 is 21.4 Å². The molecule has 1 unspecified atom stereocenters. The molecule has 0 radical (unpaired) electrons. The number of halogens is 2. The third kappa shape index (κ3) is 4.52. The van der Waals surface area contributed by atoms with Gasteiger partial charge in [-0.2, -0.15) is 0 Å². The Balaban J connectivity index is 2.10. The molecule has 6 heteroatoms. The molecular weight excluding hydrogens is 315 g/mol. The normalized spacial score (nSPS) is 13.1. The molecule has 0 spiro atoms. The summed E-state index contributed by atoms with van der Waals surface area (Å²) >= 11 is 5.93. The molecule has 112 valence electrons. The molecule has 21 heavy (non-hydrogen) atoms. The first-order chi connectivity index (χ1) is 9.87. The lowest BCUT2D eigenvalue weighted by Gasteiger charge is -2.12. The van der Waals surface area contributed by atoms with Crippen molar-refractivity contribution in [3.63, 3.8) is 0 Å². The Morgan fingerprint density at radius 3 is 2.33 bits per heavy atom. The highest BCUT2D eigenvalue weighted by Gasteiger charge is 2.20. The molecule has 2 rings (SSSR count). The Hall–Kier alpha value is -1.43. The van der Waals surface area contributed by atoms with Gasteiger partial charge in [0.1, 0.15) is 5.82 Å². The smallest absolute Gasteiger partial charge is 0.157 e. The Bertz CT molecular complexity index is 714. The monoisotopic (exact) mass is 328 g/mol. The highest BCUT2D eigenvalue weighted by Crippen LogP contribution is 2.21. The topological polar surface area (TPSA) is 54.4 Å². The van der Waals surface area contributed by atoms with Crippen LogP contribution in [0.4, 0.5) is 4.39 Å². The van der Waals surface area contributed by atoms with Crippen LogP contribution in [0.25, 0.3) is 0 Å². The average Bonchev–Trinajstić information content (AvgIpc) is 2.41. The van der Waals surface area contributed by atoms with E-state index in [2.05, 4.69) is 0 Å². The van der Waals surface area contributed by atoms with E-state index in [0.29, 0.717) is 16.1 Å². The van der Waals surface area contributed by atoms with Gasteiger partial charge in [0.2, 0.25) is 0 Å². The second-order valence-electron chi connectivity index (χ2n) is 4.71. The summed E-state index contributed by atoms with van der Waals surface area (Å²) in [4.78, 5) is 0. The number of sulfone groups is 1. The largest absolute Gasteiger partial charge is 0.387 e. The molecule has 0 saturated carbocycles. The molecule has 1 atom stereocenters. The van der Waals surface area contributed by atoms with Gasteiger partial charge in [-0.15, -0.1) is 0 Å². The van der Waals surface area contributed by atoms with Crippen LogP contribution in [-0.2, 0) is 15.6 Å². The molecule has 0 fully saturated rings. The summed E-state index contributed by atoms with van der Waals surface area (Å²) in [6, 6.07) is 11.8. The summed E-state index contributed by atoms with van der Waals surface area (Å²) in [5, 5.41) is 10.3.